The summed E-state index contributed by atoms with van der Waals surface area (Å²) in [6.45, 7) is 2.30. The van der Waals surface area contributed by atoms with Gasteiger partial charge < -0.3 is 5.32 Å². The summed E-state index contributed by atoms with van der Waals surface area (Å²) >= 11 is 0. The number of rotatable bonds is 6. The number of carbonyl (C=O) groups is 1. The highest BCUT2D eigenvalue weighted by molar-refractivity contribution is 5.84. The zero-order chi connectivity index (χ0) is 21.0. The Morgan fingerprint density at radius 1 is 1.07 bits per heavy atom. The Hall–Kier alpha value is -3.05. The Balaban J connectivity index is 1.63. The summed E-state index contributed by atoms with van der Waals surface area (Å²) in [7, 11) is 1.69. The molecule has 2 heterocycles. The topological polar surface area (TPSA) is 45.2 Å². The molecular weight excluding hydrogens is 377 g/mol. The van der Waals surface area contributed by atoms with Gasteiger partial charge in [0.25, 0.3) is 0 Å². The number of carbonyl (C=O) groups excluding carboxylic acids is 1. The van der Waals surface area contributed by atoms with E-state index in [1.807, 2.05) is 42.5 Å². The fraction of sp³-hybridized carbons (Fsp3) is 0.280. The average molecular weight is 404 g/mol. The van der Waals surface area contributed by atoms with Gasteiger partial charge in [-0.05, 0) is 54.3 Å². The standard InChI is InChI=1S/C25H26FN3O/c1-27-24(30)25(12-15-29(18-25)17-19-10-13-28-14-11-19)16-20-6-2-3-7-21(20)22-8-4-5-9-23(22)26/h2-11,13-14H,12,15-18H2,1H3,(H,27,30). The van der Waals surface area contributed by atoms with Crippen LogP contribution in [0.3, 0.4) is 0 Å². The van der Waals surface area contributed by atoms with Gasteiger partial charge in [0.05, 0.1) is 5.41 Å². The largest absolute Gasteiger partial charge is 0.359 e. The van der Waals surface area contributed by atoms with Crippen LogP contribution in [0.1, 0.15) is 17.5 Å². The lowest BCUT2D eigenvalue weighted by Gasteiger charge is -2.29. The number of benzene rings is 2. The maximum atomic E-state index is 14.5. The van der Waals surface area contributed by atoms with Crippen molar-refractivity contribution in [3.05, 3.63) is 90.0 Å². The second-order valence-electron chi connectivity index (χ2n) is 7.99. The van der Waals surface area contributed by atoms with Crippen LogP contribution in [0.25, 0.3) is 11.1 Å². The van der Waals surface area contributed by atoms with Gasteiger partial charge in [0.2, 0.25) is 5.91 Å². The molecule has 0 radical (unpaired) electrons. The minimum atomic E-state index is -0.539. The SMILES string of the molecule is CNC(=O)C1(Cc2ccccc2-c2ccccc2F)CCN(Cc2ccncc2)C1. The van der Waals surface area contributed by atoms with Crippen LogP contribution in [-0.4, -0.2) is 35.9 Å². The van der Waals surface area contributed by atoms with Crippen LogP contribution in [-0.2, 0) is 17.8 Å². The highest BCUT2D eigenvalue weighted by Crippen LogP contribution is 2.38. The van der Waals surface area contributed by atoms with Gasteiger partial charge in [-0.15, -0.1) is 0 Å². The van der Waals surface area contributed by atoms with E-state index in [4.69, 9.17) is 0 Å². The molecule has 30 heavy (non-hydrogen) atoms. The number of pyridine rings is 1. The van der Waals surface area contributed by atoms with E-state index in [0.717, 1.165) is 30.6 Å². The molecule has 1 aliphatic rings. The first kappa shape index (κ1) is 20.2. The zero-order valence-electron chi connectivity index (χ0n) is 17.1. The quantitative estimate of drug-likeness (QED) is 0.675. The lowest BCUT2D eigenvalue weighted by atomic mass is 9.78. The highest BCUT2D eigenvalue weighted by atomic mass is 19.1. The van der Waals surface area contributed by atoms with Gasteiger partial charge in [0.1, 0.15) is 5.82 Å². The summed E-state index contributed by atoms with van der Waals surface area (Å²) in [6.07, 6.45) is 4.93. The van der Waals surface area contributed by atoms with Crippen LogP contribution < -0.4 is 5.32 Å². The van der Waals surface area contributed by atoms with Crippen LogP contribution in [0.15, 0.2) is 73.1 Å². The molecule has 3 aromatic rings. The van der Waals surface area contributed by atoms with Crippen molar-refractivity contribution in [2.45, 2.75) is 19.4 Å². The number of hydrogen-bond acceptors (Lipinski definition) is 3. The summed E-state index contributed by atoms with van der Waals surface area (Å²) in [4.78, 5) is 19.4. The molecule has 5 heteroatoms. The Morgan fingerprint density at radius 2 is 1.77 bits per heavy atom. The van der Waals surface area contributed by atoms with E-state index in [0.29, 0.717) is 18.5 Å². The van der Waals surface area contributed by atoms with Gasteiger partial charge in [-0.25, -0.2) is 4.39 Å². The molecule has 1 aromatic heterocycles. The van der Waals surface area contributed by atoms with Crippen molar-refractivity contribution in [2.24, 2.45) is 5.41 Å². The van der Waals surface area contributed by atoms with Crippen molar-refractivity contribution in [1.29, 1.82) is 0 Å². The van der Waals surface area contributed by atoms with Crippen molar-refractivity contribution < 1.29 is 9.18 Å². The molecule has 154 valence electrons. The van der Waals surface area contributed by atoms with Crippen molar-refractivity contribution in [1.82, 2.24) is 15.2 Å². The van der Waals surface area contributed by atoms with Crippen LogP contribution in [0.2, 0.25) is 0 Å². The summed E-state index contributed by atoms with van der Waals surface area (Å²) in [5, 5.41) is 2.87. The number of nitrogens with zero attached hydrogens (tertiary/aromatic N) is 2. The molecule has 1 saturated heterocycles. The van der Waals surface area contributed by atoms with E-state index in [2.05, 4.69) is 15.2 Å². The zero-order valence-corrected chi connectivity index (χ0v) is 17.1. The van der Waals surface area contributed by atoms with Gasteiger partial charge in [0.15, 0.2) is 0 Å². The second kappa shape index (κ2) is 8.76. The fourth-order valence-electron chi connectivity index (χ4n) is 4.50. The average Bonchev–Trinajstić information content (AvgIpc) is 3.18. The van der Waals surface area contributed by atoms with Crippen molar-refractivity contribution in [3.8, 4) is 11.1 Å². The minimum Gasteiger partial charge on any atom is -0.359 e. The Morgan fingerprint density at radius 3 is 2.50 bits per heavy atom. The first-order valence-electron chi connectivity index (χ1n) is 10.3. The molecule has 0 saturated carbocycles. The summed E-state index contributed by atoms with van der Waals surface area (Å²) < 4.78 is 14.5. The first-order chi connectivity index (χ1) is 14.6. The predicted octanol–water partition coefficient (Wildman–Crippen LogP) is 4.07. The predicted molar refractivity (Wildman–Crippen MR) is 116 cm³/mol. The van der Waals surface area contributed by atoms with Crippen molar-refractivity contribution in [3.63, 3.8) is 0 Å². The Bertz CT molecular complexity index is 1020. The molecule has 0 spiro atoms. The summed E-state index contributed by atoms with van der Waals surface area (Å²) in [5.41, 5.74) is 3.07. The van der Waals surface area contributed by atoms with Gasteiger partial charge in [-0.1, -0.05) is 42.5 Å². The smallest absolute Gasteiger partial charge is 0.227 e. The van der Waals surface area contributed by atoms with E-state index in [-0.39, 0.29) is 11.7 Å². The number of halogens is 1. The van der Waals surface area contributed by atoms with Crippen LogP contribution >= 0.6 is 0 Å². The summed E-state index contributed by atoms with van der Waals surface area (Å²) in [5.74, 6) is -0.201. The first-order valence-corrected chi connectivity index (χ1v) is 10.3. The molecule has 0 bridgehead atoms. The molecule has 1 amide bonds. The lowest BCUT2D eigenvalue weighted by Crippen LogP contribution is -2.43. The van der Waals surface area contributed by atoms with E-state index in [9.17, 15) is 9.18 Å². The molecule has 2 aromatic carbocycles. The molecule has 4 rings (SSSR count). The molecule has 1 N–H and O–H groups in total. The van der Waals surface area contributed by atoms with E-state index in [1.54, 1.807) is 31.6 Å². The molecule has 4 nitrogen and oxygen atoms in total. The maximum Gasteiger partial charge on any atom is 0.227 e. The Kier molecular flexibility index (Phi) is 5.91. The third-order valence-corrected chi connectivity index (χ3v) is 6.01. The number of likely N-dealkylation sites (tertiary alicyclic amines) is 1. The fourth-order valence-corrected chi connectivity index (χ4v) is 4.50. The van der Waals surface area contributed by atoms with E-state index < -0.39 is 5.41 Å². The maximum absolute atomic E-state index is 14.5. The summed E-state index contributed by atoms with van der Waals surface area (Å²) in [6, 6.07) is 18.7. The monoisotopic (exact) mass is 403 g/mol. The molecule has 0 aliphatic carbocycles. The van der Waals surface area contributed by atoms with Gasteiger partial charge in [-0.2, -0.15) is 0 Å². The van der Waals surface area contributed by atoms with Crippen molar-refractivity contribution in [2.75, 3.05) is 20.1 Å². The molecular formula is C25H26FN3O. The van der Waals surface area contributed by atoms with Gasteiger partial charge in [0, 0.05) is 38.1 Å². The van der Waals surface area contributed by atoms with E-state index in [1.165, 1.54) is 11.6 Å². The molecule has 1 fully saturated rings. The number of nitrogens with one attached hydrogen (secondary N) is 1. The number of aromatic nitrogens is 1. The minimum absolute atomic E-state index is 0.0445. The Labute approximate surface area is 176 Å². The molecule has 1 unspecified atom stereocenters. The van der Waals surface area contributed by atoms with Gasteiger partial charge >= 0.3 is 0 Å². The number of amides is 1. The normalized spacial score (nSPS) is 19.0. The second-order valence-corrected chi connectivity index (χ2v) is 7.99. The van der Waals surface area contributed by atoms with Gasteiger partial charge in [-0.3, -0.25) is 14.7 Å². The van der Waals surface area contributed by atoms with Crippen LogP contribution in [0, 0.1) is 11.2 Å². The van der Waals surface area contributed by atoms with E-state index >= 15 is 0 Å². The lowest BCUT2D eigenvalue weighted by molar-refractivity contribution is -0.130. The highest BCUT2D eigenvalue weighted by Gasteiger charge is 2.44. The van der Waals surface area contributed by atoms with Crippen molar-refractivity contribution >= 4 is 5.91 Å². The molecule has 1 aliphatic heterocycles. The van der Waals surface area contributed by atoms with Crippen LogP contribution in [0.4, 0.5) is 4.39 Å². The third-order valence-electron chi connectivity index (χ3n) is 6.01. The molecule has 1 atom stereocenters. The third kappa shape index (κ3) is 4.12. The van der Waals surface area contributed by atoms with Crippen LogP contribution in [0.5, 0.6) is 0 Å². The number of hydrogen-bond donors (Lipinski definition) is 1.